The summed E-state index contributed by atoms with van der Waals surface area (Å²) in [5.41, 5.74) is 2.14. The lowest BCUT2D eigenvalue weighted by atomic mass is 10.2. The molecule has 0 radical (unpaired) electrons. The number of ether oxygens (including phenoxy) is 2. The second-order valence-electron chi connectivity index (χ2n) is 5.37. The van der Waals surface area contributed by atoms with E-state index in [1.165, 1.54) is 5.56 Å². The van der Waals surface area contributed by atoms with Gasteiger partial charge >= 0.3 is 0 Å². The van der Waals surface area contributed by atoms with Crippen LogP contribution in [0, 0.1) is 6.92 Å². The summed E-state index contributed by atoms with van der Waals surface area (Å²) in [6.45, 7) is 6.33. The molecule has 0 bridgehead atoms. The summed E-state index contributed by atoms with van der Waals surface area (Å²) in [5, 5.41) is 6.92. The Morgan fingerprint density at radius 2 is 1.62 bits per heavy atom. The van der Waals surface area contributed by atoms with E-state index in [0.717, 1.165) is 43.4 Å². The highest BCUT2D eigenvalue weighted by Crippen LogP contribution is 2.23. The molecule has 0 saturated heterocycles. The molecule has 4 nitrogen and oxygen atoms in total. The van der Waals surface area contributed by atoms with Gasteiger partial charge in [-0.15, -0.1) is 0 Å². The van der Waals surface area contributed by atoms with E-state index in [-0.39, 0.29) is 0 Å². The van der Waals surface area contributed by atoms with Crippen LogP contribution in [-0.2, 0) is 4.74 Å². The quantitative estimate of drug-likeness (QED) is 0.545. The SMILES string of the molecule is CCOCCCNC(=S)Nc1ccc(Oc2ccc(C)cc2)cc1. The molecule has 2 aromatic rings. The van der Waals surface area contributed by atoms with Gasteiger partial charge in [-0.3, -0.25) is 0 Å². The Morgan fingerprint density at radius 3 is 2.25 bits per heavy atom. The highest BCUT2D eigenvalue weighted by atomic mass is 32.1. The number of thiocarbonyl (C=S) groups is 1. The minimum absolute atomic E-state index is 0.610. The van der Waals surface area contributed by atoms with Crippen LogP contribution in [0.5, 0.6) is 11.5 Å². The van der Waals surface area contributed by atoms with Crippen LogP contribution in [0.3, 0.4) is 0 Å². The maximum Gasteiger partial charge on any atom is 0.170 e. The molecule has 0 unspecified atom stereocenters. The van der Waals surface area contributed by atoms with Gasteiger partial charge in [-0.25, -0.2) is 0 Å². The molecule has 5 heteroatoms. The first-order valence-corrected chi connectivity index (χ1v) is 8.55. The van der Waals surface area contributed by atoms with E-state index in [1.54, 1.807) is 0 Å². The predicted octanol–water partition coefficient (Wildman–Crippen LogP) is 4.50. The second-order valence-corrected chi connectivity index (χ2v) is 5.78. The van der Waals surface area contributed by atoms with Gasteiger partial charge < -0.3 is 20.1 Å². The Labute approximate surface area is 149 Å². The van der Waals surface area contributed by atoms with Gasteiger partial charge in [-0.2, -0.15) is 0 Å². The van der Waals surface area contributed by atoms with Crippen molar-refractivity contribution < 1.29 is 9.47 Å². The zero-order chi connectivity index (χ0) is 17.2. The van der Waals surface area contributed by atoms with E-state index in [4.69, 9.17) is 21.7 Å². The third kappa shape index (κ3) is 6.56. The van der Waals surface area contributed by atoms with Gasteiger partial charge in [0.25, 0.3) is 0 Å². The van der Waals surface area contributed by atoms with Crippen LogP contribution < -0.4 is 15.4 Å². The van der Waals surface area contributed by atoms with E-state index in [0.29, 0.717) is 5.11 Å². The molecule has 0 fully saturated rings. The monoisotopic (exact) mass is 344 g/mol. The van der Waals surface area contributed by atoms with Crippen molar-refractivity contribution in [1.82, 2.24) is 5.32 Å². The predicted molar refractivity (Wildman–Crippen MR) is 103 cm³/mol. The smallest absolute Gasteiger partial charge is 0.170 e. The largest absolute Gasteiger partial charge is 0.457 e. The zero-order valence-electron chi connectivity index (χ0n) is 14.2. The van der Waals surface area contributed by atoms with E-state index < -0.39 is 0 Å². The fraction of sp³-hybridized carbons (Fsp3) is 0.316. The van der Waals surface area contributed by atoms with Crippen LogP contribution in [0.25, 0.3) is 0 Å². The first-order valence-electron chi connectivity index (χ1n) is 8.14. The first-order chi connectivity index (χ1) is 11.7. The Kier molecular flexibility index (Phi) is 7.52. The molecule has 0 saturated carbocycles. The lowest BCUT2D eigenvalue weighted by Crippen LogP contribution is -2.29. The maximum absolute atomic E-state index is 5.81. The summed E-state index contributed by atoms with van der Waals surface area (Å²) in [7, 11) is 0. The van der Waals surface area contributed by atoms with Crippen LogP contribution >= 0.6 is 12.2 Å². The van der Waals surface area contributed by atoms with Gasteiger partial charge in [-0.1, -0.05) is 17.7 Å². The minimum Gasteiger partial charge on any atom is -0.457 e. The average Bonchev–Trinajstić information content (AvgIpc) is 2.58. The molecule has 0 amide bonds. The average molecular weight is 344 g/mol. The number of rotatable bonds is 8. The minimum atomic E-state index is 0.610. The summed E-state index contributed by atoms with van der Waals surface area (Å²) in [6, 6.07) is 15.7. The van der Waals surface area contributed by atoms with Crippen molar-refractivity contribution >= 4 is 23.0 Å². The summed E-state index contributed by atoms with van der Waals surface area (Å²) in [4.78, 5) is 0. The molecule has 2 rings (SSSR count). The summed E-state index contributed by atoms with van der Waals surface area (Å²) < 4.78 is 11.1. The highest BCUT2D eigenvalue weighted by Gasteiger charge is 2.00. The van der Waals surface area contributed by atoms with Crippen molar-refractivity contribution in [2.75, 3.05) is 25.1 Å². The Hall–Kier alpha value is -2.11. The number of nitrogens with one attached hydrogen (secondary N) is 2. The van der Waals surface area contributed by atoms with Gasteiger partial charge in [0.2, 0.25) is 0 Å². The van der Waals surface area contributed by atoms with Crippen LogP contribution in [0.1, 0.15) is 18.9 Å². The van der Waals surface area contributed by atoms with E-state index in [9.17, 15) is 0 Å². The molecule has 0 aromatic heterocycles. The van der Waals surface area contributed by atoms with Gasteiger partial charge in [0, 0.05) is 25.4 Å². The van der Waals surface area contributed by atoms with Crippen molar-refractivity contribution in [3.05, 3.63) is 54.1 Å². The molecular weight excluding hydrogens is 320 g/mol. The van der Waals surface area contributed by atoms with Crippen LogP contribution in [0.4, 0.5) is 5.69 Å². The summed E-state index contributed by atoms with van der Waals surface area (Å²) in [5.74, 6) is 1.62. The van der Waals surface area contributed by atoms with Crippen LogP contribution in [0.2, 0.25) is 0 Å². The fourth-order valence-corrected chi connectivity index (χ4v) is 2.26. The molecule has 0 aliphatic heterocycles. The number of benzene rings is 2. The van der Waals surface area contributed by atoms with Gasteiger partial charge in [0.1, 0.15) is 11.5 Å². The van der Waals surface area contributed by atoms with Crippen LogP contribution in [-0.4, -0.2) is 24.9 Å². The van der Waals surface area contributed by atoms with Gasteiger partial charge in [-0.05, 0) is 68.9 Å². The topological polar surface area (TPSA) is 42.5 Å². The van der Waals surface area contributed by atoms with Gasteiger partial charge in [0.15, 0.2) is 5.11 Å². The van der Waals surface area contributed by atoms with Crippen molar-refractivity contribution in [1.29, 1.82) is 0 Å². The molecule has 0 aliphatic carbocycles. The van der Waals surface area contributed by atoms with Crippen molar-refractivity contribution in [3.63, 3.8) is 0 Å². The third-order valence-corrected chi connectivity index (χ3v) is 3.57. The molecule has 0 atom stereocenters. The van der Waals surface area contributed by atoms with Gasteiger partial charge in [0.05, 0.1) is 0 Å². The van der Waals surface area contributed by atoms with E-state index >= 15 is 0 Å². The summed E-state index contributed by atoms with van der Waals surface area (Å²) in [6.07, 6.45) is 0.930. The van der Waals surface area contributed by atoms with E-state index in [2.05, 4.69) is 17.6 Å². The highest BCUT2D eigenvalue weighted by molar-refractivity contribution is 7.80. The van der Waals surface area contributed by atoms with Crippen molar-refractivity contribution in [2.24, 2.45) is 0 Å². The zero-order valence-corrected chi connectivity index (χ0v) is 15.0. The lowest BCUT2D eigenvalue weighted by molar-refractivity contribution is 0.146. The molecule has 2 aromatic carbocycles. The Balaban J connectivity index is 1.77. The first kappa shape index (κ1) is 18.2. The Bertz CT molecular complexity index is 627. The number of hydrogen-bond donors (Lipinski definition) is 2. The molecule has 24 heavy (non-hydrogen) atoms. The third-order valence-electron chi connectivity index (χ3n) is 3.32. The van der Waals surface area contributed by atoms with Crippen molar-refractivity contribution in [2.45, 2.75) is 20.3 Å². The molecule has 0 heterocycles. The maximum atomic E-state index is 5.81. The molecule has 128 valence electrons. The lowest BCUT2D eigenvalue weighted by Gasteiger charge is -2.11. The van der Waals surface area contributed by atoms with Crippen LogP contribution in [0.15, 0.2) is 48.5 Å². The fourth-order valence-electron chi connectivity index (χ4n) is 2.04. The number of anilines is 1. The second kappa shape index (κ2) is 9.90. The number of hydrogen-bond acceptors (Lipinski definition) is 3. The Morgan fingerprint density at radius 1 is 1.00 bits per heavy atom. The normalized spacial score (nSPS) is 10.2. The molecule has 0 spiro atoms. The summed E-state index contributed by atoms with van der Waals surface area (Å²) >= 11 is 5.27. The standard InChI is InChI=1S/C19H24N2O2S/c1-3-22-14-4-13-20-19(24)21-16-7-11-18(12-8-16)23-17-9-5-15(2)6-10-17/h5-12H,3-4,13-14H2,1-2H3,(H2,20,21,24). The van der Waals surface area contributed by atoms with Crippen molar-refractivity contribution in [3.8, 4) is 11.5 Å². The number of aryl methyl sites for hydroxylation is 1. The molecule has 0 aliphatic rings. The molecule has 2 N–H and O–H groups in total. The molecular formula is C19H24N2O2S. The van der Waals surface area contributed by atoms with E-state index in [1.807, 2.05) is 55.5 Å².